The molecule has 6 heteroatoms. The summed E-state index contributed by atoms with van der Waals surface area (Å²) < 4.78 is 10.2. The van der Waals surface area contributed by atoms with Gasteiger partial charge in [-0.05, 0) is 17.7 Å². The Balaban J connectivity index is 3.02. The fourth-order valence-corrected chi connectivity index (χ4v) is 1.30. The summed E-state index contributed by atoms with van der Waals surface area (Å²) in [6.45, 7) is 1.33. The molecule has 0 heterocycles. The van der Waals surface area contributed by atoms with Crippen molar-refractivity contribution in [1.82, 2.24) is 0 Å². The standard InChI is InChI=1S/C12H12N2O4/c1-9(14(15)16)7-10-3-4-11(18-6-5-13)12(8-10)17-2/h3-4,7-8H,6H2,1-2H3/b9-7-. The number of benzene rings is 1. The minimum atomic E-state index is -0.466. The third kappa shape index (κ3) is 3.49. The van der Waals surface area contributed by atoms with Crippen LogP contribution in [-0.4, -0.2) is 18.6 Å². The number of methoxy groups -OCH3 is 1. The lowest BCUT2D eigenvalue weighted by Crippen LogP contribution is -1.97. The van der Waals surface area contributed by atoms with Crippen LogP contribution >= 0.6 is 0 Å². The topological polar surface area (TPSA) is 85.4 Å². The predicted molar refractivity (Wildman–Crippen MR) is 64.7 cm³/mol. The highest BCUT2D eigenvalue weighted by molar-refractivity contribution is 5.56. The van der Waals surface area contributed by atoms with Gasteiger partial charge in [-0.2, -0.15) is 5.26 Å². The van der Waals surface area contributed by atoms with Crippen LogP contribution in [0.4, 0.5) is 0 Å². The molecule has 0 N–H and O–H groups in total. The molecule has 1 rings (SSSR count). The van der Waals surface area contributed by atoms with Crippen molar-refractivity contribution in [2.75, 3.05) is 13.7 Å². The number of rotatable bonds is 5. The lowest BCUT2D eigenvalue weighted by atomic mass is 10.1. The molecule has 0 aliphatic rings. The Hall–Kier alpha value is -2.55. The van der Waals surface area contributed by atoms with Gasteiger partial charge < -0.3 is 9.47 Å². The van der Waals surface area contributed by atoms with Gasteiger partial charge in [0.2, 0.25) is 5.70 Å². The van der Waals surface area contributed by atoms with E-state index in [0.29, 0.717) is 17.1 Å². The van der Waals surface area contributed by atoms with Gasteiger partial charge in [-0.25, -0.2) is 0 Å². The highest BCUT2D eigenvalue weighted by Crippen LogP contribution is 2.28. The molecule has 94 valence electrons. The average molecular weight is 248 g/mol. The lowest BCUT2D eigenvalue weighted by molar-refractivity contribution is -0.422. The van der Waals surface area contributed by atoms with Crippen LogP contribution in [-0.2, 0) is 0 Å². The summed E-state index contributed by atoms with van der Waals surface area (Å²) in [5, 5.41) is 18.9. The third-order valence-corrected chi connectivity index (χ3v) is 2.14. The number of hydrogen-bond donors (Lipinski definition) is 0. The van der Waals surface area contributed by atoms with E-state index in [4.69, 9.17) is 14.7 Å². The van der Waals surface area contributed by atoms with E-state index in [9.17, 15) is 10.1 Å². The van der Waals surface area contributed by atoms with Gasteiger partial charge in [0.15, 0.2) is 18.1 Å². The maximum absolute atomic E-state index is 10.5. The second-order valence-electron chi connectivity index (χ2n) is 3.40. The maximum Gasteiger partial charge on any atom is 0.243 e. The number of allylic oxidation sites excluding steroid dienone is 1. The second kappa shape index (κ2) is 6.25. The first kappa shape index (κ1) is 13.5. The zero-order chi connectivity index (χ0) is 13.5. The molecule has 0 saturated carbocycles. The van der Waals surface area contributed by atoms with Crippen molar-refractivity contribution in [1.29, 1.82) is 5.26 Å². The highest BCUT2D eigenvalue weighted by Gasteiger charge is 2.07. The van der Waals surface area contributed by atoms with Crippen LogP contribution in [0.15, 0.2) is 23.9 Å². The van der Waals surface area contributed by atoms with E-state index in [-0.39, 0.29) is 12.3 Å². The monoisotopic (exact) mass is 248 g/mol. The molecule has 0 atom stereocenters. The van der Waals surface area contributed by atoms with E-state index in [1.807, 2.05) is 6.07 Å². The Labute approximate surface area is 104 Å². The van der Waals surface area contributed by atoms with Crippen LogP contribution in [0, 0.1) is 21.4 Å². The molecule has 0 bridgehead atoms. The average Bonchev–Trinajstić information content (AvgIpc) is 2.36. The minimum Gasteiger partial charge on any atom is -0.493 e. The minimum absolute atomic E-state index is 0.0303. The van der Waals surface area contributed by atoms with Gasteiger partial charge >= 0.3 is 0 Å². The summed E-state index contributed by atoms with van der Waals surface area (Å²) >= 11 is 0. The van der Waals surface area contributed by atoms with Crippen molar-refractivity contribution < 1.29 is 14.4 Å². The fraction of sp³-hybridized carbons (Fsp3) is 0.250. The lowest BCUT2D eigenvalue weighted by Gasteiger charge is -2.08. The molecule has 1 aromatic rings. The number of nitro groups is 1. The quantitative estimate of drug-likeness (QED) is 0.589. The van der Waals surface area contributed by atoms with E-state index < -0.39 is 4.92 Å². The van der Waals surface area contributed by atoms with Gasteiger partial charge in [-0.1, -0.05) is 6.07 Å². The van der Waals surface area contributed by atoms with Crippen LogP contribution in [0.3, 0.4) is 0 Å². The molecule has 0 aromatic heterocycles. The molecule has 0 aliphatic carbocycles. The van der Waals surface area contributed by atoms with Gasteiger partial charge in [0.05, 0.1) is 12.0 Å². The molecule has 6 nitrogen and oxygen atoms in total. The molecule has 0 amide bonds. The Bertz CT molecular complexity index is 517. The van der Waals surface area contributed by atoms with Crippen molar-refractivity contribution >= 4 is 6.08 Å². The van der Waals surface area contributed by atoms with Gasteiger partial charge in [0.25, 0.3) is 0 Å². The molecule has 18 heavy (non-hydrogen) atoms. The maximum atomic E-state index is 10.5. The smallest absolute Gasteiger partial charge is 0.243 e. The molecule has 1 aromatic carbocycles. The van der Waals surface area contributed by atoms with Crippen molar-refractivity contribution in [2.45, 2.75) is 6.92 Å². The number of nitriles is 1. The summed E-state index contributed by atoms with van der Waals surface area (Å²) in [6.07, 6.45) is 1.43. The van der Waals surface area contributed by atoms with Crippen LogP contribution < -0.4 is 9.47 Å². The Morgan fingerprint density at radius 2 is 2.28 bits per heavy atom. The van der Waals surface area contributed by atoms with Gasteiger partial charge in [0.1, 0.15) is 6.07 Å². The second-order valence-corrected chi connectivity index (χ2v) is 3.40. The van der Waals surface area contributed by atoms with Gasteiger partial charge in [0, 0.05) is 13.0 Å². The zero-order valence-corrected chi connectivity index (χ0v) is 10.0. The molecular formula is C12H12N2O4. The summed E-state index contributed by atoms with van der Waals surface area (Å²) in [6, 6.07) is 6.72. The Morgan fingerprint density at radius 1 is 1.56 bits per heavy atom. The van der Waals surface area contributed by atoms with Crippen LogP contribution in [0.1, 0.15) is 12.5 Å². The first-order chi connectivity index (χ1) is 8.58. The SMILES string of the molecule is COc1cc(/C=C(/C)[N+](=O)[O-])ccc1OCC#N. The number of nitrogens with zero attached hydrogens (tertiary/aromatic N) is 2. The zero-order valence-electron chi connectivity index (χ0n) is 10.0. The molecule has 0 saturated heterocycles. The van der Waals surface area contributed by atoms with E-state index in [1.54, 1.807) is 18.2 Å². The largest absolute Gasteiger partial charge is 0.493 e. The Morgan fingerprint density at radius 3 is 2.83 bits per heavy atom. The van der Waals surface area contributed by atoms with Crippen molar-refractivity contribution in [2.24, 2.45) is 0 Å². The van der Waals surface area contributed by atoms with Crippen molar-refractivity contribution in [3.8, 4) is 17.6 Å². The predicted octanol–water partition coefficient (Wildman–Crippen LogP) is 2.24. The molecule has 0 aliphatic heterocycles. The van der Waals surface area contributed by atoms with Crippen molar-refractivity contribution in [3.05, 3.63) is 39.6 Å². The van der Waals surface area contributed by atoms with E-state index in [0.717, 1.165) is 0 Å². The number of ether oxygens (including phenoxy) is 2. The van der Waals surface area contributed by atoms with E-state index in [2.05, 4.69) is 0 Å². The normalized spacial score (nSPS) is 10.6. The summed E-state index contributed by atoms with van der Waals surface area (Å²) in [5.74, 6) is 0.852. The molecule has 0 unspecified atom stereocenters. The molecule has 0 fully saturated rings. The first-order valence-corrected chi connectivity index (χ1v) is 5.09. The summed E-state index contributed by atoms with van der Waals surface area (Å²) in [5.41, 5.74) is 0.660. The van der Waals surface area contributed by atoms with Gasteiger partial charge in [-0.3, -0.25) is 10.1 Å². The van der Waals surface area contributed by atoms with Crippen LogP contribution in [0.25, 0.3) is 6.08 Å². The fourth-order valence-electron chi connectivity index (χ4n) is 1.30. The third-order valence-electron chi connectivity index (χ3n) is 2.14. The Kier molecular flexibility index (Phi) is 4.69. The first-order valence-electron chi connectivity index (χ1n) is 5.09. The summed E-state index contributed by atoms with van der Waals surface area (Å²) in [4.78, 5) is 10.0. The molecule has 0 radical (unpaired) electrons. The van der Waals surface area contributed by atoms with Crippen molar-refractivity contribution in [3.63, 3.8) is 0 Å². The molecular weight excluding hydrogens is 236 g/mol. The van der Waals surface area contributed by atoms with Crippen LogP contribution in [0.5, 0.6) is 11.5 Å². The van der Waals surface area contributed by atoms with Gasteiger partial charge in [-0.15, -0.1) is 0 Å². The van der Waals surface area contributed by atoms with Crippen LogP contribution in [0.2, 0.25) is 0 Å². The number of hydrogen-bond acceptors (Lipinski definition) is 5. The van der Waals surface area contributed by atoms with E-state index >= 15 is 0 Å². The summed E-state index contributed by atoms with van der Waals surface area (Å²) in [7, 11) is 1.46. The highest BCUT2D eigenvalue weighted by atomic mass is 16.6. The van der Waals surface area contributed by atoms with E-state index in [1.165, 1.54) is 20.1 Å². The molecule has 0 spiro atoms.